The molecule has 0 atom stereocenters. The standard InChI is InChI=1S/C14H15N3/c1-3-7-14-11(2)13(10-15)16-17(14)12-8-5-4-6-9-12/h4-6,8-9H,3,7H2,1-2H3. The van der Waals surface area contributed by atoms with Crippen LogP contribution in [0.2, 0.25) is 0 Å². The highest BCUT2D eigenvalue weighted by Crippen LogP contribution is 2.19. The monoisotopic (exact) mass is 225 g/mol. The molecule has 0 aliphatic carbocycles. The maximum atomic E-state index is 9.05. The average molecular weight is 225 g/mol. The Hall–Kier alpha value is -2.08. The van der Waals surface area contributed by atoms with Crippen LogP contribution in [0.5, 0.6) is 0 Å². The van der Waals surface area contributed by atoms with Crippen molar-refractivity contribution in [3.8, 4) is 11.8 Å². The van der Waals surface area contributed by atoms with Crippen LogP contribution in [0, 0.1) is 18.3 Å². The van der Waals surface area contributed by atoms with E-state index in [1.54, 1.807) is 0 Å². The predicted octanol–water partition coefficient (Wildman–Crippen LogP) is 3.00. The van der Waals surface area contributed by atoms with E-state index >= 15 is 0 Å². The average Bonchev–Trinajstić information content (AvgIpc) is 2.69. The maximum Gasteiger partial charge on any atom is 0.166 e. The molecule has 0 saturated heterocycles. The van der Waals surface area contributed by atoms with Gasteiger partial charge < -0.3 is 0 Å². The first-order valence-electron chi connectivity index (χ1n) is 5.82. The molecule has 0 fully saturated rings. The van der Waals surface area contributed by atoms with Crippen LogP contribution in [0.1, 0.15) is 30.3 Å². The van der Waals surface area contributed by atoms with E-state index in [4.69, 9.17) is 5.26 Å². The maximum absolute atomic E-state index is 9.05. The summed E-state index contributed by atoms with van der Waals surface area (Å²) in [5, 5.41) is 13.4. The van der Waals surface area contributed by atoms with Crippen molar-refractivity contribution in [2.75, 3.05) is 0 Å². The number of para-hydroxylation sites is 1. The molecular formula is C14H15N3. The summed E-state index contributed by atoms with van der Waals surface area (Å²) < 4.78 is 1.89. The van der Waals surface area contributed by atoms with Gasteiger partial charge in [-0.05, 0) is 25.5 Å². The van der Waals surface area contributed by atoms with E-state index in [1.807, 2.05) is 41.9 Å². The van der Waals surface area contributed by atoms with Gasteiger partial charge in [-0.15, -0.1) is 0 Å². The zero-order valence-electron chi connectivity index (χ0n) is 10.1. The Bertz CT molecular complexity index is 547. The van der Waals surface area contributed by atoms with Crippen LogP contribution in [0.15, 0.2) is 30.3 Å². The van der Waals surface area contributed by atoms with E-state index in [9.17, 15) is 0 Å². The van der Waals surface area contributed by atoms with Gasteiger partial charge in [-0.3, -0.25) is 0 Å². The van der Waals surface area contributed by atoms with E-state index < -0.39 is 0 Å². The highest BCUT2D eigenvalue weighted by Gasteiger charge is 2.14. The quantitative estimate of drug-likeness (QED) is 0.805. The van der Waals surface area contributed by atoms with Gasteiger partial charge in [0, 0.05) is 11.3 Å². The second-order valence-electron chi connectivity index (χ2n) is 4.03. The first kappa shape index (κ1) is 11.4. The second kappa shape index (κ2) is 4.84. The number of rotatable bonds is 3. The van der Waals surface area contributed by atoms with Crippen molar-refractivity contribution in [3.05, 3.63) is 47.3 Å². The molecule has 3 heteroatoms. The first-order chi connectivity index (χ1) is 8.27. The van der Waals surface area contributed by atoms with Gasteiger partial charge in [0.05, 0.1) is 5.69 Å². The molecule has 0 bridgehead atoms. The smallest absolute Gasteiger partial charge is 0.166 e. The lowest BCUT2D eigenvalue weighted by Gasteiger charge is -2.06. The number of benzene rings is 1. The number of aromatic nitrogens is 2. The fourth-order valence-electron chi connectivity index (χ4n) is 1.95. The summed E-state index contributed by atoms with van der Waals surface area (Å²) >= 11 is 0. The Morgan fingerprint density at radius 3 is 2.59 bits per heavy atom. The Morgan fingerprint density at radius 1 is 1.29 bits per heavy atom. The van der Waals surface area contributed by atoms with Crippen molar-refractivity contribution < 1.29 is 0 Å². The van der Waals surface area contributed by atoms with Crippen molar-refractivity contribution in [2.24, 2.45) is 0 Å². The van der Waals surface area contributed by atoms with Gasteiger partial charge in [0.2, 0.25) is 0 Å². The Labute approximate surface area is 101 Å². The lowest BCUT2D eigenvalue weighted by Crippen LogP contribution is -2.02. The molecule has 0 radical (unpaired) electrons. The largest absolute Gasteiger partial charge is 0.236 e. The minimum atomic E-state index is 0.525. The topological polar surface area (TPSA) is 41.6 Å². The van der Waals surface area contributed by atoms with Crippen LogP contribution in [0.4, 0.5) is 0 Å². The summed E-state index contributed by atoms with van der Waals surface area (Å²) in [6, 6.07) is 12.1. The molecule has 3 nitrogen and oxygen atoms in total. The second-order valence-corrected chi connectivity index (χ2v) is 4.03. The molecule has 1 heterocycles. The van der Waals surface area contributed by atoms with Gasteiger partial charge >= 0.3 is 0 Å². The fraction of sp³-hybridized carbons (Fsp3) is 0.286. The molecule has 0 amide bonds. The number of nitriles is 1. The minimum Gasteiger partial charge on any atom is -0.236 e. The SMILES string of the molecule is CCCc1c(C)c(C#N)nn1-c1ccccc1. The lowest BCUT2D eigenvalue weighted by atomic mass is 10.1. The van der Waals surface area contributed by atoms with Gasteiger partial charge in [-0.2, -0.15) is 10.4 Å². The van der Waals surface area contributed by atoms with Crippen molar-refractivity contribution in [3.63, 3.8) is 0 Å². The van der Waals surface area contributed by atoms with Crippen LogP contribution < -0.4 is 0 Å². The van der Waals surface area contributed by atoms with Crippen molar-refractivity contribution in [1.29, 1.82) is 5.26 Å². The zero-order chi connectivity index (χ0) is 12.3. The summed E-state index contributed by atoms with van der Waals surface area (Å²) in [6.45, 7) is 4.10. The molecule has 1 aromatic heterocycles. The summed E-state index contributed by atoms with van der Waals surface area (Å²) in [5.41, 5.74) is 3.67. The van der Waals surface area contributed by atoms with Gasteiger partial charge in [0.15, 0.2) is 5.69 Å². The van der Waals surface area contributed by atoms with Crippen LogP contribution in [0.25, 0.3) is 5.69 Å². The Balaban J connectivity index is 2.58. The number of hydrogen-bond acceptors (Lipinski definition) is 2. The Kier molecular flexibility index (Phi) is 3.24. The van der Waals surface area contributed by atoms with Crippen LogP contribution in [-0.2, 0) is 6.42 Å². The van der Waals surface area contributed by atoms with Crippen molar-refractivity contribution in [2.45, 2.75) is 26.7 Å². The van der Waals surface area contributed by atoms with E-state index in [0.717, 1.165) is 29.8 Å². The first-order valence-corrected chi connectivity index (χ1v) is 5.82. The molecule has 0 saturated carbocycles. The molecule has 0 N–H and O–H groups in total. The molecule has 2 aromatic rings. The van der Waals surface area contributed by atoms with E-state index in [-0.39, 0.29) is 0 Å². The molecule has 17 heavy (non-hydrogen) atoms. The Morgan fingerprint density at radius 2 is 2.00 bits per heavy atom. The van der Waals surface area contributed by atoms with E-state index in [2.05, 4.69) is 18.1 Å². The predicted molar refractivity (Wildman–Crippen MR) is 67.0 cm³/mol. The van der Waals surface area contributed by atoms with Crippen molar-refractivity contribution >= 4 is 0 Å². The van der Waals surface area contributed by atoms with Crippen LogP contribution in [-0.4, -0.2) is 9.78 Å². The van der Waals surface area contributed by atoms with E-state index in [0.29, 0.717) is 5.69 Å². The third kappa shape index (κ3) is 2.07. The molecular weight excluding hydrogens is 210 g/mol. The van der Waals surface area contributed by atoms with E-state index in [1.165, 1.54) is 0 Å². The molecule has 0 aliphatic rings. The van der Waals surface area contributed by atoms with Gasteiger partial charge in [0.1, 0.15) is 6.07 Å². The summed E-state index contributed by atoms with van der Waals surface area (Å²) in [7, 11) is 0. The van der Waals surface area contributed by atoms with Crippen LogP contribution in [0.3, 0.4) is 0 Å². The molecule has 0 aliphatic heterocycles. The molecule has 86 valence electrons. The lowest BCUT2D eigenvalue weighted by molar-refractivity contribution is 0.770. The van der Waals surface area contributed by atoms with Gasteiger partial charge in [-0.25, -0.2) is 4.68 Å². The molecule has 0 unspecified atom stereocenters. The summed E-state index contributed by atoms with van der Waals surface area (Å²) in [6.07, 6.45) is 1.99. The molecule has 0 spiro atoms. The molecule has 1 aromatic carbocycles. The normalized spacial score (nSPS) is 10.2. The van der Waals surface area contributed by atoms with Crippen molar-refractivity contribution in [1.82, 2.24) is 9.78 Å². The third-order valence-corrected chi connectivity index (χ3v) is 2.84. The fourth-order valence-corrected chi connectivity index (χ4v) is 1.95. The third-order valence-electron chi connectivity index (χ3n) is 2.84. The molecule has 2 rings (SSSR count). The number of nitrogens with zero attached hydrogens (tertiary/aromatic N) is 3. The highest BCUT2D eigenvalue weighted by atomic mass is 15.3. The summed E-state index contributed by atoms with van der Waals surface area (Å²) in [4.78, 5) is 0. The van der Waals surface area contributed by atoms with Crippen LogP contribution >= 0.6 is 0 Å². The zero-order valence-corrected chi connectivity index (χ0v) is 10.1. The highest BCUT2D eigenvalue weighted by molar-refractivity contribution is 5.41. The number of hydrogen-bond donors (Lipinski definition) is 0. The minimum absolute atomic E-state index is 0.525. The van der Waals surface area contributed by atoms with Gasteiger partial charge in [0.25, 0.3) is 0 Å². The van der Waals surface area contributed by atoms with Gasteiger partial charge in [-0.1, -0.05) is 31.5 Å². The summed E-state index contributed by atoms with van der Waals surface area (Å²) in [5.74, 6) is 0.